The summed E-state index contributed by atoms with van der Waals surface area (Å²) in [6, 6.07) is 1.42. The molecule has 0 spiro atoms. The van der Waals surface area contributed by atoms with E-state index in [1.807, 2.05) is 0 Å². The highest BCUT2D eigenvalue weighted by atomic mass is 19.2. The third kappa shape index (κ3) is 2.32. The van der Waals surface area contributed by atoms with E-state index in [9.17, 15) is 18.4 Å². The van der Waals surface area contributed by atoms with Crippen molar-refractivity contribution in [3.63, 3.8) is 0 Å². The van der Waals surface area contributed by atoms with E-state index in [0.29, 0.717) is 29.6 Å². The van der Waals surface area contributed by atoms with Crippen molar-refractivity contribution in [3.05, 3.63) is 30.1 Å². The Morgan fingerprint density at radius 2 is 1.77 bits per heavy atom. The largest absolute Gasteiger partial charge is 0.368 e. The van der Waals surface area contributed by atoms with E-state index in [4.69, 9.17) is 0 Å². The van der Waals surface area contributed by atoms with Crippen LogP contribution in [0, 0.1) is 11.6 Å². The average Bonchev–Trinajstić information content (AvgIpc) is 3.02. The van der Waals surface area contributed by atoms with Gasteiger partial charge in [-0.25, -0.2) is 8.78 Å². The summed E-state index contributed by atoms with van der Waals surface area (Å²) in [7, 11) is 0. The molecule has 3 unspecified atom stereocenters. The number of aromatic nitrogens is 1. The highest BCUT2D eigenvalue weighted by Crippen LogP contribution is 2.36. The van der Waals surface area contributed by atoms with Crippen LogP contribution in [0.25, 0.3) is 10.8 Å². The number of carbonyl (C=O) groups excluding carboxylic acids is 2. The minimum absolute atomic E-state index is 0.164. The number of piperidine rings is 2. The van der Waals surface area contributed by atoms with Crippen molar-refractivity contribution in [2.24, 2.45) is 0 Å². The molecule has 1 aromatic heterocycles. The Kier molecular flexibility index (Phi) is 3.34. The average molecular weight is 360 g/mol. The molecule has 4 aliphatic rings. The zero-order valence-corrected chi connectivity index (χ0v) is 14.0. The number of piperazine rings is 1. The van der Waals surface area contributed by atoms with Crippen LogP contribution in [-0.2, 0) is 9.59 Å². The first-order valence-corrected chi connectivity index (χ1v) is 8.83. The molecule has 0 radical (unpaired) electrons. The summed E-state index contributed by atoms with van der Waals surface area (Å²) >= 11 is 0. The summed E-state index contributed by atoms with van der Waals surface area (Å²) in [4.78, 5) is 25.6. The van der Waals surface area contributed by atoms with Gasteiger partial charge in [0.15, 0.2) is 11.6 Å². The van der Waals surface area contributed by atoms with Gasteiger partial charge in [0.25, 0.3) is 0 Å². The maximum Gasteiger partial charge on any atom is 0.249 e. The minimum atomic E-state index is -0.907. The number of fused-ring (bicyclic) bond motifs is 3. The van der Waals surface area contributed by atoms with Crippen LogP contribution in [0.5, 0.6) is 0 Å². The summed E-state index contributed by atoms with van der Waals surface area (Å²) in [5.74, 6) is -2.51. The molecule has 3 atom stereocenters. The minimum Gasteiger partial charge on any atom is -0.368 e. The molecule has 136 valence electrons. The van der Waals surface area contributed by atoms with Gasteiger partial charge in [-0.15, -0.1) is 0 Å². The van der Waals surface area contributed by atoms with E-state index in [1.165, 1.54) is 12.3 Å². The predicted octanol–water partition coefficient (Wildman–Crippen LogP) is 1.45. The van der Waals surface area contributed by atoms with Crippen LogP contribution in [0.15, 0.2) is 18.5 Å². The van der Waals surface area contributed by atoms with Crippen molar-refractivity contribution in [2.45, 2.75) is 37.4 Å². The first-order valence-electron chi connectivity index (χ1n) is 8.83. The van der Waals surface area contributed by atoms with Crippen molar-refractivity contribution >= 4 is 28.3 Å². The predicted molar refractivity (Wildman–Crippen MR) is 90.8 cm³/mol. The Balaban J connectivity index is 1.58. The molecule has 2 N–H and O–H groups in total. The number of halogens is 2. The molecule has 2 aromatic rings. The molecule has 2 bridgehead atoms. The molecule has 6 rings (SSSR count). The van der Waals surface area contributed by atoms with Gasteiger partial charge in [0.2, 0.25) is 11.8 Å². The van der Waals surface area contributed by atoms with Crippen LogP contribution >= 0.6 is 0 Å². The number of amides is 2. The van der Waals surface area contributed by atoms with Crippen molar-refractivity contribution < 1.29 is 18.4 Å². The summed E-state index contributed by atoms with van der Waals surface area (Å²) in [5, 5.41) is 6.48. The zero-order valence-electron chi connectivity index (χ0n) is 14.0. The fourth-order valence-corrected chi connectivity index (χ4v) is 4.36. The summed E-state index contributed by atoms with van der Waals surface area (Å²) < 4.78 is 30.2. The highest BCUT2D eigenvalue weighted by Gasteiger charge is 2.37. The quantitative estimate of drug-likeness (QED) is 0.796. The molecule has 0 aliphatic carbocycles. The molecule has 4 aliphatic heterocycles. The second-order valence-electron chi connectivity index (χ2n) is 7.39. The van der Waals surface area contributed by atoms with E-state index in [0.717, 1.165) is 19.5 Å². The normalized spacial score (nSPS) is 28.2. The molecule has 8 heteroatoms. The Morgan fingerprint density at radius 1 is 1.08 bits per heavy atom. The summed E-state index contributed by atoms with van der Waals surface area (Å²) in [5.41, 5.74) is 0.654. The number of nitrogens with zero attached hydrogens (tertiary/aromatic N) is 2. The number of benzene rings is 1. The second kappa shape index (κ2) is 5.51. The van der Waals surface area contributed by atoms with Gasteiger partial charge in [-0.05, 0) is 12.8 Å². The number of hydrogen-bond donors (Lipinski definition) is 2. The van der Waals surface area contributed by atoms with E-state index < -0.39 is 23.6 Å². The number of rotatable bonds is 2. The third-order valence-electron chi connectivity index (χ3n) is 5.66. The van der Waals surface area contributed by atoms with Crippen LogP contribution in [0.2, 0.25) is 0 Å². The van der Waals surface area contributed by atoms with E-state index in [2.05, 4.69) is 15.5 Å². The van der Waals surface area contributed by atoms with Gasteiger partial charge in [0, 0.05) is 66.5 Å². The highest BCUT2D eigenvalue weighted by molar-refractivity contribution is 6.00. The van der Waals surface area contributed by atoms with Crippen LogP contribution in [0.1, 0.15) is 25.3 Å². The van der Waals surface area contributed by atoms with Crippen LogP contribution < -0.4 is 15.5 Å². The van der Waals surface area contributed by atoms with Crippen molar-refractivity contribution in [3.8, 4) is 0 Å². The molecule has 4 fully saturated rings. The fraction of sp³-hybridized carbons (Fsp3) is 0.444. The molecular formula is C18H18F2N4O2. The lowest BCUT2D eigenvalue weighted by Crippen LogP contribution is -2.67. The molecule has 4 saturated heterocycles. The number of imide groups is 1. The Morgan fingerprint density at radius 3 is 2.46 bits per heavy atom. The number of nitrogens with one attached hydrogen (secondary N) is 2. The van der Waals surface area contributed by atoms with Gasteiger partial charge in [-0.3, -0.25) is 14.9 Å². The molecule has 6 nitrogen and oxygen atoms in total. The lowest BCUT2D eigenvalue weighted by Gasteiger charge is -2.49. The first kappa shape index (κ1) is 15.7. The molecule has 1 aromatic carbocycles. The van der Waals surface area contributed by atoms with E-state index in [1.54, 1.807) is 10.8 Å². The lowest BCUT2D eigenvalue weighted by molar-refractivity contribution is -0.135. The van der Waals surface area contributed by atoms with Crippen LogP contribution in [-0.4, -0.2) is 41.6 Å². The molecule has 0 saturated carbocycles. The number of anilines is 1. The molecular weight excluding hydrogens is 342 g/mol. The Hall–Kier alpha value is -2.48. The summed E-state index contributed by atoms with van der Waals surface area (Å²) in [6.07, 6.45) is 4.86. The van der Waals surface area contributed by atoms with Gasteiger partial charge in [-0.2, -0.15) is 0 Å². The number of hydrogen-bond acceptors (Lipinski definition) is 4. The topological polar surface area (TPSA) is 66.4 Å². The SMILES string of the molecule is O=C1CCC(n2cc3c(N4CC5CC(C4)N5)cc(F)c(F)c3c2)C(=O)N1. The third-order valence-corrected chi connectivity index (χ3v) is 5.66. The Bertz CT molecular complexity index is 925. The van der Waals surface area contributed by atoms with Crippen LogP contribution in [0.3, 0.4) is 0 Å². The molecule has 2 amide bonds. The smallest absolute Gasteiger partial charge is 0.249 e. The van der Waals surface area contributed by atoms with E-state index >= 15 is 0 Å². The maximum atomic E-state index is 14.4. The monoisotopic (exact) mass is 360 g/mol. The molecule has 5 heterocycles. The van der Waals surface area contributed by atoms with Crippen molar-refractivity contribution in [1.29, 1.82) is 0 Å². The zero-order chi connectivity index (χ0) is 18.0. The van der Waals surface area contributed by atoms with Gasteiger partial charge >= 0.3 is 0 Å². The van der Waals surface area contributed by atoms with Gasteiger partial charge < -0.3 is 14.8 Å². The van der Waals surface area contributed by atoms with Gasteiger partial charge in [-0.1, -0.05) is 0 Å². The van der Waals surface area contributed by atoms with E-state index in [-0.39, 0.29) is 17.7 Å². The standard InChI is InChI=1S/C18H18F2N4O2/c19-13-4-15(23-5-9-3-10(6-23)21-9)11-7-24(8-12(11)17(13)20)14-1-2-16(25)22-18(14)26/h4,7-10,14,21H,1-3,5-6H2,(H,22,25,26). The van der Waals surface area contributed by atoms with Gasteiger partial charge in [0.1, 0.15) is 6.04 Å². The Labute approximate surface area is 148 Å². The summed E-state index contributed by atoms with van der Waals surface area (Å²) in [6.45, 7) is 1.50. The number of carbonyl (C=O) groups is 2. The van der Waals surface area contributed by atoms with Crippen LogP contribution in [0.4, 0.5) is 14.5 Å². The first-order chi connectivity index (χ1) is 12.5. The lowest BCUT2D eigenvalue weighted by atomic mass is 9.90. The van der Waals surface area contributed by atoms with Crippen molar-refractivity contribution in [2.75, 3.05) is 18.0 Å². The van der Waals surface area contributed by atoms with Gasteiger partial charge in [0.05, 0.1) is 0 Å². The maximum absolute atomic E-state index is 14.4. The molecule has 26 heavy (non-hydrogen) atoms. The fourth-order valence-electron chi connectivity index (χ4n) is 4.36. The van der Waals surface area contributed by atoms with Crippen molar-refractivity contribution in [1.82, 2.24) is 15.2 Å². The second-order valence-corrected chi connectivity index (χ2v) is 7.39.